The minimum Gasteiger partial charge on any atom is -0.454 e. The Hall–Kier alpha value is -3.35. The number of rotatable bonds is 5. The van der Waals surface area contributed by atoms with Gasteiger partial charge < -0.3 is 14.8 Å². The Balaban J connectivity index is 1.34. The van der Waals surface area contributed by atoms with Gasteiger partial charge >= 0.3 is 0 Å². The summed E-state index contributed by atoms with van der Waals surface area (Å²) in [6, 6.07) is 15.2. The minimum atomic E-state index is -0.247. The summed E-state index contributed by atoms with van der Waals surface area (Å²) < 4.78 is 10.6. The molecule has 2 heterocycles. The van der Waals surface area contributed by atoms with E-state index in [0.29, 0.717) is 13.0 Å². The Morgan fingerprint density at radius 3 is 2.84 bits per heavy atom. The van der Waals surface area contributed by atoms with Crippen LogP contribution in [0.4, 0.5) is 0 Å². The van der Waals surface area contributed by atoms with E-state index in [4.69, 9.17) is 9.47 Å². The number of carbonyl (C=O) groups is 1. The Labute approximate surface area is 144 Å². The molecule has 25 heavy (non-hydrogen) atoms. The number of fused-ring (bicyclic) bond motifs is 1. The first-order chi connectivity index (χ1) is 12.3. The van der Waals surface area contributed by atoms with Crippen LogP contribution < -0.4 is 14.8 Å². The third-order valence-electron chi connectivity index (χ3n) is 3.85. The molecule has 1 aromatic heterocycles. The summed E-state index contributed by atoms with van der Waals surface area (Å²) >= 11 is 0. The molecule has 1 aliphatic heterocycles. The third kappa shape index (κ3) is 3.30. The Bertz CT molecular complexity index is 892. The highest BCUT2D eigenvalue weighted by Crippen LogP contribution is 2.32. The first kappa shape index (κ1) is 15.2. The second-order valence-electron chi connectivity index (χ2n) is 5.55. The molecule has 0 saturated heterocycles. The number of benzene rings is 2. The van der Waals surface area contributed by atoms with Crippen molar-refractivity contribution in [2.75, 3.05) is 13.3 Å². The number of amides is 1. The fourth-order valence-corrected chi connectivity index (χ4v) is 2.56. The van der Waals surface area contributed by atoms with E-state index >= 15 is 0 Å². The third-order valence-corrected chi connectivity index (χ3v) is 3.85. The number of para-hydroxylation sites is 1. The lowest BCUT2D eigenvalue weighted by atomic mass is 10.1. The van der Waals surface area contributed by atoms with Gasteiger partial charge in [-0.1, -0.05) is 24.3 Å². The van der Waals surface area contributed by atoms with Crippen LogP contribution in [-0.2, 0) is 6.42 Å². The van der Waals surface area contributed by atoms with Crippen molar-refractivity contribution >= 4 is 5.91 Å². The van der Waals surface area contributed by atoms with E-state index in [-0.39, 0.29) is 18.4 Å². The highest BCUT2D eigenvalue weighted by molar-refractivity contribution is 5.91. The van der Waals surface area contributed by atoms with Gasteiger partial charge in [-0.15, -0.1) is 5.10 Å². The summed E-state index contributed by atoms with van der Waals surface area (Å²) in [5.74, 6) is 1.25. The molecule has 126 valence electrons. The van der Waals surface area contributed by atoms with Crippen LogP contribution in [-0.4, -0.2) is 34.2 Å². The molecule has 1 N–H and O–H groups in total. The smallest absolute Gasteiger partial charge is 0.273 e. The van der Waals surface area contributed by atoms with Gasteiger partial charge in [0.15, 0.2) is 17.2 Å². The van der Waals surface area contributed by atoms with E-state index in [2.05, 4.69) is 15.5 Å². The highest BCUT2D eigenvalue weighted by atomic mass is 16.7. The largest absolute Gasteiger partial charge is 0.454 e. The number of hydrogen-bond donors (Lipinski definition) is 1. The predicted molar refractivity (Wildman–Crippen MR) is 90.0 cm³/mol. The van der Waals surface area contributed by atoms with Crippen molar-refractivity contribution in [2.24, 2.45) is 0 Å². The maximum absolute atomic E-state index is 12.2. The minimum absolute atomic E-state index is 0.247. The average Bonchev–Trinajstić information content (AvgIpc) is 3.31. The van der Waals surface area contributed by atoms with Crippen molar-refractivity contribution in [2.45, 2.75) is 6.42 Å². The van der Waals surface area contributed by atoms with Crippen molar-refractivity contribution in [3.8, 4) is 17.2 Å². The van der Waals surface area contributed by atoms with Gasteiger partial charge in [0.25, 0.3) is 5.91 Å². The van der Waals surface area contributed by atoms with Gasteiger partial charge in [-0.3, -0.25) is 4.79 Å². The Kier molecular flexibility index (Phi) is 4.04. The van der Waals surface area contributed by atoms with Crippen LogP contribution in [0.3, 0.4) is 0 Å². The lowest BCUT2D eigenvalue weighted by Crippen LogP contribution is -2.26. The molecule has 2 aromatic carbocycles. The number of nitrogens with one attached hydrogen (secondary N) is 1. The predicted octanol–water partition coefficient (Wildman–Crippen LogP) is 1.97. The maximum Gasteiger partial charge on any atom is 0.273 e. The maximum atomic E-state index is 12.2. The lowest BCUT2D eigenvalue weighted by Gasteiger charge is -2.04. The molecule has 0 fully saturated rings. The molecule has 7 heteroatoms. The number of carbonyl (C=O) groups excluding carboxylic acids is 1. The summed E-state index contributed by atoms with van der Waals surface area (Å²) in [7, 11) is 0. The van der Waals surface area contributed by atoms with Crippen LogP contribution >= 0.6 is 0 Å². The zero-order chi connectivity index (χ0) is 17.1. The van der Waals surface area contributed by atoms with Gasteiger partial charge in [0.1, 0.15) is 0 Å². The van der Waals surface area contributed by atoms with Gasteiger partial charge in [0, 0.05) is 6.54 Å². The first-order valence-corrected chi connectivity index (χ1v) is 7.94. The molecule has 0 spiro atoms. The van der Waals surface area contributed by atoms with Crippen molar-refractivity contribution in [1.82, 2.24) is 20.3 Å². The molecule has 1 aliphatic rings. The first-order valence-electron chi connectivity index (χ1n) is 7.94. The van der Waals surface area contributed by atoms with E-state index in [1.54, 1.807) is 0 Å². The molecule has 0 radical (unpaired) electrons. The van der Waals surface area contributed by atoms with Crippen LogP contribution in [0.15, 0.2) is 54.7 Å². The standard InChI is InChI=1S/C18H16N4O3/c23-18(15-11-20-22(21-15)14-4-2-1-3-5-14)19-9-8-13-6-7-16-17(10-13)25-12-24-16/h1-7,10-11H,8-9,12H2,(H,19,23). The molecule has 0 atom stereocenters. The summed E-state index contributed by atoms with van der Waals surface area (Å²) in [5, 5.41) is 11.2. The Morgan fingerprint density at radius 2 is 1.96 bits per heavy atom. The fourth-order valence-electron chi connectivity index (χ4n) is 2.56. The van der Waals surface area contributed by atoms with Gasteiger partial charge in [-0.05, 0) is 36.2 Å². The van der Waals surface area contributed by atoms with Crippen molar-refractivity contribution in [3.63, 3.8) is 0 Å². The topological polar surface area (TPSA) is 78.3 Å². The van der Waals surface area contributed by atoms with E-state index in [9.17, 15) is 4.79 Å². The molecule has 4 rings (SSSR count). The number of nitrogens with zero attached hydrogens (tertiary/aromatic N) is 3. The molecule has 3 aromatic rings. The molecule has 0 bridgehead atoms. The van der Waals surface area contributed by atoms with E-state index in [1.165, 1.54) is 11.0 Å². The summed E-state index contributed by atoms with van der Waals surface area (Å²) in [4.78, 5) is 13.6. The molecular formula is C18H16N4O3. The molecular weight excluding hydrogens is 320 g/mol. The number of hydrogen-bond acceptors (Lipinski definition) is 5. The van der Waals surface area contributed by atoms with Gasteiger partial charge in [-0.25, -0.2) is 0 Å². The van der Waals surface area contributed by atoms with Crippen LogP contribution in [0.1, 0.15) is 16.1 Å². The van der Waals surface area contributed by atoms with Crippen LogP contribution in [0.5, 0.6) is 11.5 Å². The zero-order valence-electron chi connectivity index (χ0n) is 13.4. The second kappa shape index (κ2) is 6.64. The van der Waals surface area contributed by atoms with Gasteiger partial charge in [0.2, 0.25) is 6.79 Å². The van der Waals surface area contributed by atoms with E-state index < -0.39 is 0 Å². The summed E-state index contributed by atoms with van der Waals surface area (Å²) in [5.41, 5.74) is 2.16. The van der Waals surface area contributed by atoms with Gasteiger partial charge in [-0.2, -0.15) is 9.90 Å². The molecule has 1 amide bonds. The van der Waals surface area contributed by atoms with Crippen molar-refractivity contribution in [1.29, 1.82) is 0 Å². The van der Waals surface area contributed by atoms with Crippen LogP contribution in [0.2, 0.25) is 0 Å². The fraction of sp³-hybridized carbons (Fsp3) is 0.167. The molecule has 0 aliphatic carbocycles. The molecule has 7 nitrogen and oxygen atoms in total. The van der Waals surface area contributed by atoms with Crippen molar-refractivity contribution in [3.05, 3.63) is 66.0 Å². The molecule has 0 saturated carbocycles. The summed E-state index contributed by atoms with van der Waals surface area (Å²) in [6.07, 6.45) is 2.15. The monoisotopic (exact) mass is 336 g/mol. The number of aromatic nitrogens is 3. The SMILES string of the molecule is O=C(NCCc1ccc2c(c1)OCO2)c1cnn(-c2ccccc2)n1. The molecule has 0 unspecified atom stereocenters. The average molecular weight is 336 g/mol. The highest BCUT2D eigenvalue weighted by Gasteiger charge is 2.14. The number of ether oxygens (including phenoxy) is 2. The lowest BCUT2D eigenvalue weighted by molar-refractivity contribution is 0.0948. The van der Waals surface area contributed by atoms with Crippen LogP contribution in [0, 0.1) is 0 Å². The van der Waals surface area contributed by atoms with Crippen molar-refractivity contribution < 1.29 is 14.3 Å². The van der Waals surface area contributed by atoms with Crippen LogP contribution in [0.25, 0.3) is 5.69 Å². The Morgan fingerprint density at radius 1 is 1.12 bits per heavy atom. The van der Waals surface area contributed by atoms with Gasteiger partial charge in [0.05, 0.1) is 11.9 Å². The normalized spacial score (nSPS) is 12.2. The second-order valence-corrected chi connectivity index (χ2v) is 5.55. The van der Waals surface area contributed by atoms with E-state index in [0.717, 1.165) is 22.7 Å². The van der Waals surface area contributed by atoms with E-state index in [1.807, 2.05) is 48.5 Å². The summed E-state index contributed by atoms with van der Waals surface area (Å²) in [6.45, 7) is 0.753. The zero-order valence-corrected chi connectivity index (χ0v) is 13.4. The quantitative estimate of drug-likeness (QED) is 0.771.